The van der Waals surface area contributed by atoms with Crippen molar-refractivity contribution in [3.05, 3.63) is 18.2 Å². The first-order valence-electron chi connectivity index (χ1n) is 5.58. The summed E-state index contributed by atoms with van der Waals surface area (Å²) in [6.07, 6.45) is 7.39. The topological polar surface area (TPSA) is 29.9 Å². The van der Waals surface area contributed by atoms with E-state index in [1.54, 1.807) is 0 Å². The average Bonchev–Trinajstić information content (AvgIpc) is 2.60. The third-order valence-electron chi connectivity index (χ3n) is 3.12. The van der Waals surface area contributed by atoms with Crippen LogP contribution < -0.4 is 5.32 Å². The molecule has 1 unspecified atom stereocenters. The number of hydrogen-bond donors (Lipinski definition) is 1. The second-order valence-electron chi connectivity index (χ2n) is 4.10. The first-order chi connectivity index (χ1) is 7.36. The lowest BCUT2D eigenvalue weighted by molar-refractivity contribution is 0.406. The Morgan fingerprint density at radius 3 is 3.00 bits per heavy atom. The van der Waals surface area contributed by atoms with Crippen molar-refractivity contribution in [2.45, 2.75) is 25.3 Å². The van der Waals surface area contributed by atoms with E-state index >= 15 is 0 Å². The molecule has 1 aliphatic heterocycles. The lowest BCUT2D eigenvalue weighted by atomic mass is 9.99. The molecule has 2 heterocycles. The quantitative estimate of drug-likeness (QED) is 0.830. The summed E-state index contributed by atoms with van der Waals surface area (Å²) in [6, 6.07) is 0.609. The van der Waals surface area contributed by atoms with Crippen molar-refractivity contribution in [1.29, 1.82) is 0 Å². The van der Waals surface area contributed by atoms with Crippen LogP contribution in [0.4, 0.5) is 0 Å². The molecular formula is C11H19N3S. The van der Waals surface area contributed by atoms with Gasteiger partial charge in [-0.05, 0) is 12.7 Å². The standard InChI is InChI=1S/C11H19N3S/c1-3-10(7-15-2)14-8-13-6-11(14)9-4-12-5-9/h6,8-10,12H,3-5,7H2,1-2H3. The van der Waals surface area contributed by atoms with Crippen LogP contribution in [0.25, 0.3) is 0 Å². The molecule has 84 valence electrons. The van der Waals surface area contributed by atoms with E-state index in [0.717, 1.165) is 13.1 Å². The van der Waals surface area contributed by atoms with Gasteiger partial charge in [-0.1, -0.05) is 6.92 Å². The highest BCUT2D eigenvalue weighted by atomic mass is 32.2. The summed E-state index contributed by atoms with van der Waals surface area (Å²) in [5.41, 5.74) is 1.41. The zero-order valence-corrected chi connectivity index (χ0v) is 10.3. The SMILES string of the molecule is CCC(CSC)n1cncc1C1CNC1. The highest BCUT2D eigenvalue weighted by molar-refractivity contribution is 7.98. The normalized spacial score (nSPS) is 18.8. The molecular weight excluding hydrogens is 206 g/mol. The van der Waals surface area contributed by atoms with Gasteiger partial charge in [0.2, 0.25) is 0 Å². The number of nitrogens with zero attached hydrogens (tertiary/aromatic N) is 2. The Kier molecular flexibility index (Phi) is 3.70. The van der Waals surface area contributed by atoms with E-state index in [1.807, 2.05) is 24.3 Å². The summed E-state index contributed by atoms with van der Waals surface area (Å²) in [7, 11) is 0. The minimum absolute atomic E-state index is 0.609. The van der Waals surface area contributed by atoms with Gasteiger partial charge in [0.25, 0.3) is 0 Å². The molecule has 1 atom stereocenters. The fourth-order valence-electron chi connectivity index (χ4n) is 2.02. The molecule has 1 N–H and O–H groups in total. The zero-order chi connectivity index (χ0) is 10.7. The molecule has 0 saturated carbocycles. The lowest BCUT2D eigenvalue weighted by Gasteiger charge is -2.30. The van der Waals surface area contributed by atoms with Gasteiger partial charge in [0, 0.05) is 42.7 Å². The van der Waals surface area contributed by atoms with Crippen LogP contribution in [-0.2, 0) is 0 Å². The van der Waals surface area contributed by atoms with Crippen LogP contribution >= 0.6 is 11.8 Å². The number of nitrogens with one attached hydrogen (secondary N) is 1. The molecule has 4 heteroatoms. The summed E-state index contributed by atoms with van der Waals surface area (Å²) in [4.78, 5) is 4.30. The second kappa shape index (κ2) is 5.03. The van der Waals surface area contributed by atoms with Crippen molar-refractivity contribution in [1.82, 2.24) is 14.9 Å². The Bertz CT molecular complexity index is 307. The number of aromatic nitrogens is 2. The summed E-state index contributed by atoms with van der Waals surface area (Å²) in [5.74, 6) is 1.86. The van der Waals surface area contributed by atoms with Gasteiger partial charge in [0.05, 0.1) is 6.33 Å². The summed E-state index contributed by atoms with van der Waals surface area (Å²) < 4.78 is 2.38. The fraction of sp³-hybridized carbons (Fsp3) is 0.727. The Balaban J connectivity index is 2.14. The van der Waals surface area contributed by atoms with Crippen molar-refractivity contribution in [2.75, 3.05) is 25.1 Å². The van der Waals surface area contributed by atoms with E-state index in [9.17, 15) is 0 Å². The number of thioether (sulfide) groups is 1. The highest BCUT2D eigenvalue weighted by Gasteiger charge is 2.24. The first kappa shape index (κ1) is 11.0. The van der Waals surface area contributed by atoms with Gasteiger partial charge in [0.15, 0.2) is 0 Å². The summed E-state index contributed by atoms with van der Waals surface area (Å²) in [6.45, 7) is 4.48. The third kappa shape index (κ3) is 2.21. The molecule has 1 aliphatic rings. The van der Waals surface area contributed by atoms with Crippen molar-refractivity contribution < 1.29 is 0 Å². The number of hydrogen-bond acceptors (Lipinski definition) is 3. The van der Waals surface area contributed by atoms with E-state index in [1.165, 1.54) is 17.9 Å². The Hall–Kier alpha value is -0.480. The maximum Gasteiger partial charge on any atom is 0.0951 e. The summed E-state index contributed by atoms with van der Waals surface area (Å²) >= 11 is 1.91. The maximum absolute atomic E-state index is 4.30. The zero-order valence-electron chi connectivity index (χ0n) is 9.44. The first-order valence-corrected chi connectivity index (χ1v) is 6.97. The van der Waals surface area contributed by atoms with E-state index in [0.29, 0.717) is 12.0 Å². The Morgan fingerprint density at radius 2 is 2.47 bits per heavy atom. The molecule has 0 aromatic carbocycles. The second-order valence-corrected chi connectivity index (χ2v) is 5.01. The average molecular weight is 225 g/mol. The molecule has 0 aliphatic carbocycles. The van der Waals surface area contributed by atoms with Gasteiger partial charge >= 0.3 is 0 Å². The molecule has 1 aromatic rings. The number of rotatable bonds is 5. The van der Waals surface area contributed by atoms with Crippen molar-refractivity contribution >= 4 is 11.8 Å². The van der Waals surface area contributed by atoms with Crippen LogP contribution in [0.3, 0.4) is 0 Å². The Labute approximate surface area is 95.7 Å². The van der Waals surface area contributed by atoms with Crippen molar-refractivity contribution in [3.8, 4) is 0 Å². The van der Waals surface area contributed by atoms with Crippen LogP contribution in [0.2, 0.25) is 0 Å². The molecule has 0 amide bonds. The maximum atomic E-state index is 4.30. The molecule has 0 spiro atoms. The van der Waals surface area contributed by atoms with E-state index < -0.39 is 0 Å². The molecule has 0 bridgehead atoms. The third-order valence-corrected chi connectivity index (χ3v) is 3.84. The minimum atomic E-state index is 0.609. The molecule has 3 nitrogen and oxygen atoms in total. The van der Waals surface area contributed by atoms with Crippen LogP contribution in [0, 0.1) is 0 Å². The smallest absolute Gasteiger partial charge is 0.0951 e. The molecule has 2 rings (SSSR count). The van der Waals surface area contributed by atoms with Gasteiger partial charge < -0.3 is 9.88 Å². The van der Waals surface area contributed by atoms with Gasteiger partial charge in [-0.25, -0.2) is 4.98 Å². The van der Waals surface area contributed by atoms with Crippen LogP contribution in [-0.4, -0.2) is 34.6 Å². The lowest BCUT2D eigenvalue weighted by Crippen LogP contribution is -2.41. The fourth-order valence-corrected chi connectivity index (χ4v) is 2.80. The molecule has 0 radical (unpaired) electrons. The van der Waals surface area contributed by atoms with Gasteiger partial charge in [-0.2, -0.15) is 11.8 Å². The van der Waals surface area contributed by atoms with Gasteiger partial charge in [-0.3, -0.25) is 0 Å². The predicted molar refractivity (Wildman–Crippen MR) is 65.5 cm³/mol. The Morgan fingerprint density at radius 1 is 1.67 bits per heavy atom. The van der Waals surface area contributed by atoms with Crippen LogP contribution in [0.5, 0.6) is 0 Å². The van der Waals surface area contributed by atoms with Crippen LogP contribution in [0.15, 0.2) is 12.5 Å². The van der Waals surface area contributed by atoms with E-state index in [-0.39, 0.29) is 0 Å². The monoisotopic (exact) mass is 225 g/mol. The van der Waals surface area contributed by atoms with Crippen molar-refractivity contribution in [2.24, 2.45) is 0 Å². The van der Waals surface area contributed by atoms with Crippen molar-refractivity contribution in [3.63, 3.8) is 0 Å². The molecule has 1 aromatic heterocycles. The van der Waals surface area contributed by atoms with Gasteiger partial charge in [0.1, 0.15) is 0 Å². The largest absolute Gasteiger partial charge is 0.330 e. The molecule has 1 fully saturated rings. The van der Waals surface area contributed by atoms with Gasteiger partial charge in [-0.15, -0.1) is 0 Å². The van der Waals surface area contributed by atoms with Crippen LogP contribution in [0.1, 0.15) is 31.0 Å². The highest BCUT2D eigenvalue weighted by Crippen LogP contribution is 2.25. The molecule has 1 saturated heterocycles. The van der Waals surface area contributed by atoms with E-state index in [2.05, 4.69) is 28.0 Å². The van der Waals surface area contributed by atoms with E-state index in [4.69, 9.17) is 0 Å². The number of imidazole rings is 1. The predicted octanol–water partition coefficient (Wildman–Crippen LogP) is 1.88. The molecule has 15 heavy (non-hydrogen) atoms. The minimum Gasteiger partial charge on any atom is -0.330 e. The summed E-state index contributed by atoms with van der Waals surface area (Å²) in [5, 5.41) is 3.32.